The van der Waals surface area contributed by atoms with Gasteiger partial charge in [0.2, 0.25) is 0 Å². The summed E-state index contributed by atoms with van der Waals surface area (Å²) in [4.78, 5) is 30.8. The lowest BCUT2D eigenvalue weighted by atomic mass is 10.2. The van der Waals surface area contributed by atoms with Gasteiger partial charge >= 0.3 is 12.1 Å². The molecule has 0 aromatic carbocycles. The lowest BCUT2D eigenvalue weighted by Crippen LogP contribution is -2.47. The highest BCUT2D eigenvalue weighted by Gasteiger charge is 2.16. The van der Waals surface area contributed by atoms with Gasteiger partial charge in [0.15, 0.2) is 0 Å². The van der Waals surface area contributed by atoms with E-state index in [0.717, 1.165) is 65.2 Å². The van der Waals surface area contributed by atoms with E-state index in [2.05, 4.69) is 20.4 Å². The maximum Gasteiger partial charge on any atom is 0.316 e. The predicted molar refractivity (Wildman–Crippen MR) is 96.3 cm³/mol. The van der Waals surface area contributed by atoms with Crippen LogP contribution in [0.15, 0.2) is 0 Å². The highest BCUT2D eigenvalue weighted by Crippen LogP contribution is 2.03. The van der Waals surface area contributed by atoms with Crippen LogP contribution in [0.1, 0.15) is 12.8 Å². The van der Waals surface area contributed by atoms with Crippen molar-refractivity contribution in [2.45, 2.75) is 12.8 Å². The molecule has 140 valence electrons. The Hall–Kier alpha value is -1.54. The predicted octanol–water partition coefficient (Wildman–Crippen LogP) is -0.0734. The molecule has 0 radical (unpaired) electrons. The molecule has 8 nitrogen and oxygen atoms in total. The normalized spacial score (nSPS) is 15.8. The highest BCUT2D eigenvalue weighted by atomic mass is 16.2. The van der Waals surface area contributed by atoms with Gasteiger partial charge < -0.3 is 30.2 Å². The number of rotatable bonds is 8. The van der Waals surface area contributed by atoms with Gasteiger partial charge in [-0.25, -0.2) is 9.59 Å². The quantitative estimate of drug-likeness (QED) is 0.606. The van der Waals surface area contributed by atoms with Gasteiger partial charge in [0.25, 0.3) is 0 Å². The van der Waals surface area contributed by atoms with Crippen LogP contribution in [0.25, 0.3) is 0 Å². The van der Waals surface area contributed by atoms with Crippen LogP contribution in [0.5, 0.6) is 0 Å². The van der Waals surface area contributed by atoms with Crippen LogP contribution in [0.2, 0.25) is 0 Å². The van der Waals surface area contributed by atoms with Gasteiger partial charge in [0, 0.05) is 67.5 Å². The number of nitrogens with one attached hydrogen (secondary N) is 2. The number of amides is 4. The summed E-state index contributed by atoms with van der Waals surface area (Å²) in [7, 11) is 7.00. The van der Waals surface area contributed by atoms with E-state index in [4.69, 9.17) is 0 Å². The van der Waals surface area contributed by atoms with Crippen LogP contribution in [0.4, 0.5) is 9.59 Å². The Morgan fingerprint density at radius 1 is 0.750 bits per heavy atom. The highest BCUT2D eigenvalue weighted by molar-refractivity contribution is 5.73. The SMILES string of the molecule is CN(C)C(=O)NCCCN1CCN(CCCNC(=O)N(C)C)CC1. The van der Waals surface area contributed by atoms with Crippen LogP contribution in [0.3, 0.4) is 0 Å². The average Bonchev–Trinajstić information content (AvgIpc) is 2.56. The standard InChI is InChI=1S/C16H34N6O2/c1-19(2)15(23)17-7-5-9-21-11-13-22(14-12-21)10-6-8-18-16(24)20(3)4/h5-14H2,1-4H3,(H,17,23)(H,18,24). The zero-order valence-electron chi connectivity index (χ0n) is 15.7. The minimum absolute atomic E-state index is 0.0267. The monoisotopic (exact) mass is 342 g/mol. The van der Waals surface area contributed by atoms with Crippen molar-refractivity contribution in [3.8, 4) is 0 Å². The molecule has 0 spiro atoms. The first-order valence-electron chi connectivity index (χ1n) is 8.75. The van der Waals surface area contributed by atoms with E-state index in [1.165, 1.54) is 0 Å². The second kappa shape index (κ2) is 11.1. The molecule has 0 aromatic heterocycles. The molecule has 8 heteroatoms. The van der Waals surface area contributed by atoms with Gasteiger partial charge in [-0.2, -0.15) is 0 Å². The molecular formula is C16H34N6O2. The van der Waals surface area contributed by atoms with Gasteiger partial charge in [-0.1, -0.05) is 0 Å². The first-order valence-corrected chi connectivity index (χ1v) is 8.75. The number of carbonyl (C=O) groups excluding carboxylic acids is 2. The van der Waals surface area contributed by atoms with Crippen molar-refractivity contribution in [2.24, 2.45) is 0 Å². The van der Waals surface area contributed by atoms with Crippen molar-refractivity contribution in [1.29, 1.82) is 0 Å². The summed E-state index contributed by atoms with van der Waals surface area (Å²) >= 11 is 0. The number of hydrogen-bond acceptors (Lipinski definition) is 4. The molecule has 0 unspecified atom stereocenters. The molecule has 1 heterocycles. The minimum atomic E-state index is -0.0267. The molecule has 1 fully saturated rings. The largest absolute Gasteiger partial charge is 0.338 e. The summed E-state index contributed by atoms with van der Waals surface area (Å²) in [6.07, 6.45) is 1.96. The van der Waals surface area contributed by atoms with Gasteiger partial charge in [-0.15, -0.1) is 0 Å². The van der Waals surface area contributed by atoms with E-state index in [1.54, 1.807) is 38.0 Å². The minimum Gasteiger partial charge on any atom is -0.338 e. The van der Waals surface area contributed by atoms with E-state index >= 15 is 0 Å². The molecule has 4 amide bonds. The zero-order chi connectivity index (χ0) is 17.9. The van der Waals surface area contributed by atoms with Gasteiger partial charge in [-0.05, 0) is 25.9 Å². The van der Waals surface area contributed by atoms with E-state index in [1.807, 2.05) is 0 Å². The summed E-state index contributed by atoms with van der Waals surface area (Å²) in [5, 5.41) is 5.79. The molecule has 0 aliphatic carbocycles. The lowest BCUT2D eigenvalue weighted by Gasteiger charge is -2.34. The smallest absolute Gasteiger partial charge is 0.316 e. The third-order valence-electron chi connectivity index (χ3n) is 4.13. The van der Waals surface area contributed by atoms with Crippen molar-refractivity contribution >= 4 is 12.1 Å². The molecule has 1 rings (SSSR count). The van der Waals surface area contributed by atoms with Crippen LogP contribution < -0.4 is 10.6 Å². The Morgan fingerprint density at radius 2 is 1.08 bits per heavy atom. The Kier molecular flexibility index (Phi) is 9.48. The van der Waals surface area contributed by atoms with Crippen LogP contribution in [0, 0.1) is 0 Å². The van der Waals surface area contributed by atoms with Crippen molar-refractivity contribution in [1.82, 2.24) is 30.2 Å². The molecule has 1 aliphatic heterocycles. The van der Waals surface area contributed by atoms with Crippen molar-refractivity contribution < 1.29 is 9.59 Å². The maximum absolute atomic E-state index is 11.4. The van der Waals surface area contributed by atoms with E-state index < -0.39 is 0 Å². The Morgan fingerprint density at radius 3 is 1.38 bits per heavy atom. The maximum atomic E-state index is 11.4. The van der Waals surface area contributed by atoms with Crippen LogP contribution >= 0.6 is 0 Å². The van der Waals surface area contributed by atoms with E-state index in [-0.39, 0.29) is 12.1 Å². The summed E-state index contributed by atoms with van der Waals surface area (Å²) in [5.74, 6) is 0. The fourth-order valence-electron chi connectivity index (χ4n) is 2.55. The third-order valence-corrected chi connectivity index (χ3v) is 4.13. The fourth-order valence-corrected chi connectivity index (χ4v) is 2.55. The second-order valence-corrected chi connectivity index (χ2v) is 6.64. The first kappa shape index (κ1) is 20.5. The van der Waals surface area contributed by atoms with Crippen molar-refractivity contribution in [2.75, 3.05) is 80.5 Å². The first-order chi connectivity index (χ1) is 11.4. The van der Waals surface area contributed by atoms with Crippen LogP contribution in [-0.4, -0.2) is 112 Å². The number of urea groups is 2. The van der Waals surface area contributed by atoms with Crippen molar-refractivity contribution in [3.05, 3.63) is 0 Å². The number of piperazine rings is 1. The molecule has 0 atom stereocenters. The number of hydrogen-bond donors (Lipinski definition) is 2. The van der Waals surface area contributed by atoms with Crippen LogP contribution in [-0.2, 0) is 0 Å². The molecular weight excluding hydrogens is 308 g/mol. The summed E-state index contributed by atoms with van der Waals surface area (Å²) < 4.78 is 0. The molecule has 0 saturated carbocycles. The summed E-state index contributed by atoms with van der Waals surface area (Å²) in [6.45, 7) is 7.81. The fraction of sp³-hybridized carbons (Fsp3) is 0.875. The molecule has 0 aromatic rings. The number of nitrogens with zero attached hydrogens (tertiary/aromatic N) is 4. The number of carbonyl (C=O) groups is 2. The summed E-state index contributed by atoms with van der Waals surface area (Å²) in [6, 6.07) is -0.0534. The van der Waals surface area contributed by atoms with Gasteiger partial charge in [-0.3, -0.25) is 0 Å². The third kappa shape index (κ3) is 8.35. The molecule has 0 bridgehead atoms. The Bertz CT molecular complexity index is 345. The average molecular weight is 342 g/mol. The second-order valence-electron chi connectivity index (χ2n) is 6.64. The topological polar surface area (TPSA) is 71.2 Å². The van der Waals surface area contributed by atoms with Gasteiger partial charge in [0.1, 0.15) is 0 Å². The molecule has 24 heavy (non-hydrogen) atoms. The summed E-state index contributed by atoms with van der Waals surface area (Å²) in [5.41, 5.74) is 0. The molecule has 1 saturated heterocycles. The molecule has 1 aliphatic rings. The van der Waals surface area contributed by atoms with Crippen molar-refractivity contribution in [3.63, 3.8) is 0 Å². The van der Waals surface area contributed by atoms with E-state index in [0.29, 0.717) is 0 Å². The van der Waals surface area contributed by atoms with Gasteiger partial charge in [0.05, 0.1) is 0 Å². The van der Waals surface area contributed by atoms with E-state index in [9.17, 15) is 9.59 Å². The Balaban J connectivity index is 2.02. The molecule has 2 N–H and O–H groups in total. The zero-order valence-corrected chi connectivity index (χ0v) is 15.7. The lowest BCUT2D eigenvalue weighted by molar-refractivity contribution is 0.130. The Labute approximate surface area is 146 Å².